The fraction of sp³-hybridized carbons (Fsp3) is 0.481. The first-order valence-electron chi connectivity index (χ1n) is 12.8. The summed E-state index contributed by atoms with van der Waals surface area (Å²) in [6.45, 7) is 10.8. The van der Waals surface area contributed by atoms with Crippen LogP contribution in [-0.2, 0) is 11.3 Å². The topological polar surface area (TPSA) is 103 Å². The average Bonchev–Trinajstić information content (AvgIpc) is 3.37. The van der Waals surface area contributed by atoms with Gasteiger partial charge in [-0.15, -0.1) is 0 Å². The number of hydrogen-bond donors (Lipinski definition) is 1. The number of rotatable bonds is 7. The van der Waals surface area contributed by atoms with E-state index in [0.29, 0.717) is 47.0 Å². The smallest absolute Gasteiger partial charge is 0.282 e. The van der Waals surface area contributed by atoms with Gasteiger partial charge in [-0.3, -0.25) is 19.2 Å². The molecule has 0 radical (unpaired) electrons. The summed E-state index contributed by atoms with van der Waals surface area (Å²) < 4.78 is 19.7. The van der Waals surface area contributed by atoms with Gasteiger partial charge in [0.25, 0.3) is 5.91 Å². The van der Waals surface area contributed by atoms with Gasteiger partial charge in [0.1, 0.15) is 11.3 Å². The number of hydrogen-bond acceptors (Lipinski definition) is 8. The Morgan fingerprint density at radius 2 is 2.05 bits per heavy atom. The molecule has 1 saturated heterocycles. The molecule has 1 N–H and O–H groups in total. The number of amides is 1. The van der Waals surface area contributed by atoms with Gasteiger partial charge in [-0.2, -0.15) is 4.99 Å². The van der Waals surface area contributed by atoms with Crippen molar-refractivity contribution in [3.05, 3.63) is 47.3 Å². The lowest BCUT2D eigenvalue weighted by atomic mass is 10.2. The molecule has 0 bridgehead atoms. The van der Waals surface area contributed by atoms with Crippen LogP contribution in [0.2, 0.25) is 0 Å². The normalized spacial score (nSPS) is 20.1. The van der Waals surface area contributed by atoms with E-state index in [1.807, 2.05) is 16.7 Å². The third kappa shape index (κ3) is 5.30. The molecule has 3 aromatic rings. The average molecular weight is 507 g/mol. The van der Waals surface area contributed by atoms with Crippen molar-refractivity contribution in [1.82, 2.24) is 19.4 Å². The van der Waals surface area contributed by atoms with Crippen molar-refractivity contribution in [3.63, 3.8) is 0 Å². The lowest BCUT2D eigenvalue weighted by Crippen LogP contribution is -2.45. The molecule has 37 heavy (non-hydrogen) atoms. The van der Waals surface area contributed by atoms with E-state index in [1.165, 1.54) is 0 Å². The van der Waals surface area contributed by atoms with Crippen LogP contribution >= 0.6 is 0 Å². The van der Waals surface area contributed by atoms with Gasteiger partial charge in [0.05, 0.1) is 37.2 Å². The number of fused-ring (bicyclic) bond motifs is 3. The number of ether oxygens (including phenoxy) is 3. The fourth-order valence-corrected chi connectivity index (χ4v) is 5.14. The van der Waals surface area contributed by atoms with Crippen LogP contribution in [0.15, 0.2) is 35.5 Å². The third-order valence-corrected chi connectivity index (χ3v) is 6.72. The zero-order chi connectivity index (χ0) is 25.9. The highest BCUT2D eigenvalue weighted by Gasteiger charge is 2.23. The summed E-state index contributed by atoms with van der Waals surface area (Å²) in [5.74, 6) is 1.64. The summed E-state index contributed by atoms with van der Waals surface area (Å²) in [4.78, 5) is 28.8. The van der Waals surface area contributed by atoms with E-state index in [9.17, 15) is 4.79 Å². The van der Waals surface area contributed by atoms with Crippen LogP contribution in [0, 0.1) is 6.92 Å². The van der Waals surface area contributed by atoms with Crippen molar-refractivity contribution in [1.29, 1.82) is 0 Å². The van der Waals surface area contributed by atoms with Crippen molar-refractivity contribution in [2.24, 2.45) is 4.99 Å². The van der Waals surface area contributed by atoms with E-state index in [0.717, 1.165) is 43.8 Å². The van der Waals surface area contributed by atoms with E-state index in [1.54, 1.807) is 32.4 Å². The van der Waals surface area contributed by atoms with E-state index in [4.69, 9.17) is 19.2 Å². The second-order valence-electron chi connectivity index (χ2n) is 9.60. The van der Waals surface area contributed by atoms with Gasteiger partial charge < -0.3 is 19.5 Å². The van der Waals surface area contributed by atoms with Gasteiger partial charge in [-0.25, -0.2) is 4.98 Å². The number of aryl methyl sites for hydroxylation is 1. The molecule has 196 valence electrons. The van der Waals surface area contributed by atoms with Crippen LogP contribution in [0.5, 0.6) is 11.5 Å². The molecule has 2 unspecified atom stereocenters. The molecule has 1 aromatic carbocycles. The van der Waals surface area contributed by atoms with Crippen LogP contribution in [0.25, 0.3) is 10.9 Å². The molecule has 2 aliphatic rings. The highest BCUT2D eigenvalue weighted by Crippen LogP contribution is 2.37. The molecular weight excluding hydrogens is 472 g/mol. The van der Waals surface area contributed by atoms with Crippen molar-refractivity contribution >= 4 is 22.6 Å². The van der Waals surface area contributed by atoms with Crippen molar-refractivity contribution in [2.75, 3.05) is 45.2 Å². The molecule has 4 heterocycles. The maximum Gasteiger partial charge on any atom is 0.282 e. The molecule has 1 fully saturated rings. The molecular formula is C27H34N6O4. The summed E-state index contributed by atoms with van der Waals surface area (Å²) in [5.41, 5.74) is 2.02. The molecule has 10 nitrogen and oxygen atoms in total. The number of nitrogens with zero attached hydrogens (tertiary/aromatic N) is 5. The maximum atomic E-state index is 13.0. The largest absolute Gasteiger partial charge is 0.491 e. The van der Waals surface area contributed by atoms with Crippen molar-refractivity contribution in [3.8, 4) is 11.5 Å². The predicted octanol–water partition coefficient (Wildman–Crippen LogP) is 2.79. The zero-order valence-electron chi connectivity index (χ0n) is 21.9. The monoisotopic (exact) mass is 506 g/mol. The Morgan fingerprint density at radius 1 is 1.24 bits per heavy atom. The third-order valence-electron chi connectivity index (χ3n) is 6.72. The molecule has 1 amide bonds. The Bertz CT molecular complexity index is 1360. The van der Waals surface area contributed by atoms with Gasteiger partial charge in [-0.1, -0.05) is 0 Å². The van der Waals surface area contributed by atoms with Crippen LogP contribution in [0.4, 0.5) is 5.82 Å². The number of carbonyl (C=O) groups is 1. The van der Waals surface area contributed by atoms with Gasteiger partial charge in [0, 0.05) is 44.3 Å². The van der Waals surface area contributed by atoms with Gasteiger partial charge in [0.2, 0.25) is 5.62 Å². The van der Waals surface area contributed by atoms with E-state index < -0.39 is 0 Å². The quantitative estimate of drug-likeness (QED) is 0.488. The molecule has 0 saturated carbocycles. The second kappa shape index (κ2) is 10.9. The second-order valence-corrected chi connectivity index (χ2v) is 9.60. The number of anilines is 1. The van der Waals surface area contributed by atoms with E-state index in [-0.39, 0.29) is 18.1 Å². The lowest BCUT2D eigenvalue weighted by molar-refractivity contribution is -0.0686. The number of benzene rings is 1. The predicted molar refractivity (Wildman–Crippen MR) is 140 cm³/mol. The minimum atomic E-state index is -0.378. The molecule has 2 aromatic heterocycles. The summed E-state index contributed by atoms with van der Waals surface area (Å²) in [7, 11) is 1.61. The van der Waals surface area contributed by atoms with Crippen LogP contribution in [-0.4, -0.2) is 77.4 Å². The van der Waals surface area contributed by atoms with Gasteiger partial charge in [0.15, 0.2) is 11.5 Å². The molecule has 2 atom stereocenters. The fourth-order valence-electron chi connectivity index (χ4n) is 5.14. The Labute approximate surface area is 216 Å². The molecule has 10 heteroatoms. The Balaban J connectivity index is 1.41. The minimum absolute atomic E-state index is 0.248. The number of nitrogens with one attached hydrogen (secondary N) is 1. The SMILES string of the molecule is COc1c(OCCCN2CC(C)OC(C)C2)ccc2c3n(c(=NC(=O)c4cccnc4C)nc12)CCN3. The molecule has 0 spiro atoms. The van der Waals surface area contributed by atoms with Gasteiger partial charge >= 0.3 is 0 Å². The standard InChI is InChI=1S/C27H34N6O4/c1-17-15-32(16-18(2)37-17)12-6-14-36-22-9-8-21-23(24(22)35-4)30-27(33-13-11-29-25(21)33)31-26(34)20-7-5-10-28-19(20)3/h5,7-10,17-18,29H,6,11-16H2,1-4H3. The Morgan fingerprint density at radius 3 is 2.81 bits per heavy atom. The molecule has 0 aliphatic carbocycles. The molecule has 2 aliphatic heterocycles. The maximum absolute atomic E-state index is 13.0. The van der Waals surface area contributed by atoms with Crippen LogP contribution in [0.1, 0.15) is 36.3 Å². The first-order valence-corrected chi connectivity index (χ1v) is 12.8. The van der Waals surface area contributed by atoms with Crippen molar-refractivity contribution in [2.45, 2.75) is 45.9 Å². The first kappa shape index (κ1) is 25.2. The number of pyridine rings is 1. The van der Waals surface area contributed by atoms with E-state index >= 15 is 0 Å². The number of methoxy groups -OCH3 is 1. The number of aromatic nitrogens is 3. The number of morpholine rings is 1. The number of carbonyl (C=O) groups excluding carboxylic acids is 1. The van der Waals surface area contributed by atoms with Crippen LogP contribution in [0.3, 0.4) is 0 Å². The van der Waals surface area contributed by atoms with Crippen LogP contribution < -0.4 is 20.4 Å². The Kier molecular flexibility index (Phi) is 7.38. The highest BCUT2D eigenvalue weighted by atomic mass is 16.5. The first-order chi connectivity index (χ1) is 17.9. The summed E-state index contributed by atoms with van der Waals surface area (Å²) >= 11 is 0. The lowest BCUT2D eigenvalue weighted by Gasteiger charge is -2.35. The van der Waals surface area contributed by atoms with Gasteiger partial charge in [-0.05, 0) is 51.5 Å². The minimum Gasteiger partial charge on any atom is -0.491 e. The Hall–Kier alpha value is -3.50. The van der Waals surface area contributed by atoms with Crippen molar-refractivity contribution < 1.29 is 19.0 Å². The summed E-state index contributed by atoms with van der Waals surface area (Å²) in [5, 5.41) is 4.29. The van der Waals surface area contributed by atoms with E-state index in [2.05, 4.69) is 34.0 Å². The molecule has 5 rings (SSSR count). The zero-order valence-corrected chi connectivity index (χ0v) is 21.9. The highest BCUT2D eigenvalue weighted by molar-refractivity contribution is 5.97. The summed E-state index contributed by atoms with van der Waals surface area (Å²) in [6.07, 6.45) is 3.04. The summed E-state index contributed by atoms with van der Waals surface area (Å²) in [6, 6.07) is 7.36.